The van der Waals surface area contributed by atoms with Crippen LogP contribution in [-0.2, 0) is 0 Å². The maximum atomic E-state index is 14.5. The smallest absolute Gasteiger partial charge is 0.258 e. The monoisotopic (exact) mass is 380 g/mol. The van der Waals surface area contributed by atoms with Gasteiger partial charge in [-0.1, -0.05) is 18.9 Å². The molecule has 0 saturated heterocycles. The lowest BCUT2D eigenvalue weighted by Crippen LogP contribution is -2.14. The molecule has 25 heavy (non-hydrogen) atoms. The molecule has 0 unspecified atom stereocenters. The average Bonchev–Trinajstić information content (AvgIpc) is 3.05. The number of hydrogen-bond acceptors (Lipinski definition) is 6. The number of anilines is 2. The molecule has 3 aromatic rings. The first kappa shape index (κ1) is 17.6. The summed E-state index contributed by atoms with van der Waals surface area (Å²) in [5, 5.41) is 3.90. The highest BCUT2D eigenvalue weighted by molar-refractivity contribution is 8.00. The molecule has 9 heteroatoms. The third kappa shape index (κ3) is 3.72. The van der Waals surface area contributed by atoms with Crippen molar-refractivity contribution >= 4 is 50.8 Å². The quantitative estimate of drug-likeness (QED) is 0.480. The summed E-state index contributed by atoms with van der Waals surface area (Å²) in [6.07, 6.45) is 3.82. The molecule has 1 aromatic carbocycles. The van der Waals surface area contributed by atoms with Crippen LogP contribution in [0.4, 0.5) is 20.2 Å². The largest absolute Gasteiger partial charge is 0.327 e. The minimum Gasteiger partial charge on any atom is -0.327 e. The minimum absolute atomic E-state index is 0.118. The molecule has 5 nitrogen and oxygen atoms in total. The van der Waals surface area contributed by atoms with Crippen molar-refractivity contribution in [3.05, 3.63) is 47.2 Å². The highest BCUT2D eigenvalue weighted by Crippen LogP contribution is 2.29. The van der Waals surface area contributed by atoms with E-state index in [0.29, 0.717) is 5.52 Å². The summed E-state index contributed by atoms with van der Waals surface area (Å²) >= 11 is 2.60. The summed E-state index contributed by atoms with van der Waals surface area (Å²) in [5.41, 5.74) is 0.333. The Morgan fingerprint density at radius 3 is 3.00 bits per heavy atom. The molecule has 0 atom stereocenters. The van der Waals surface area contributed by atoms with Gasteiger partial charge in [-0.3, -0.25) is 4.79 Å². The lowest BCUT2D eigenvalue weighted by Gasteiger charge is -2.11. The van der Waals surface area contributed by atoms with E-state index in [1.807, 2.05) is 6.92 Å². The van der Waals surface area contributed by atoms with Gasteiger partial charge in [0.05, 0.1) is 21.5 Å². The lowest BCUT2D eigenvalue weighted by molar-refractivity contribution is 0.102. The van der Waals surface area contributed by atoms with Crippen molar-refractivity contribution in [1.82, 2.24) is 9.97 Å². The van der Waals surface area contributed by atoms with Crippen molar-refractivity contribution in [1.29, 1.82) is 0 Å². The van der Waals surface area contributed by atoms with Crippen LogP contribution in [0.25, 0.3) is 10.2 Å². The van der Waals surface area contributed by atoms with Crippen molar-refractivity contribution < 1.29 is 13.6 Å². The summed E-state index contributed by atoms with van der Waals surface area (Å²) in [6, 6.07) is 2.41. The van der Waals surface area contributed by atoms with E-state index >= 15 is 0 Å². The second kappa shape index (κ2) is 7.75. The third-order valence-electron chi connectivity index (χ3n) is 3.30. The standard InChI is InChI=1S/C16H14F2N4OS2/c1-2-5-25-22-11-4-3-10(17)15(13(11)18)21-16(23)9-7-24-12-6-19-8-20-14(9)12/h3-4,6-8,22H,2,5H2,1H3,(H,21,23). The summed E-state index contributed by atoms with van der Waals surface area (Å²) in [4.78, 5) is 20.4. The van der Waals surface area contributed by atoms with Crippen molar-refractivity contribution in [2.45, 2.75) is 13.3 Å². The summed E-state index contributed by atoms with van der Waals surface area (Å²) in [5.74, 6) is -1.53. The van der Waals surface area contributed by atoms with Crippen LogP contribution in [-0.4, -0.2) is 21.6 Å². The number of halogens is 2. The number of amides is 1. The average molecular weight is 380 g/mol. The van der Waals surface area contributed by atoms with Crippen LogP contribution in [0, 0.1) is 11.6 Å². The predicted molar refractivity (Wildman–Crippen MR) is 98.1 cm³/mol. The van der Waals surface area contributed by atoms with E-state index in [9.17, 15) is 13.6 Å². The third-order valence-corrected chi connectivity index (χ3v) is 5.18. The first-order valence-electron chi connectivity index (χ1n) is 7.46. The van der Waals surface area contributed by atoms with E-state index in [0.717, 1.165) is 22.9 Å². The van der Waals surface area contributed by atoms with Crippen LogP contribution >= 0.6 is 23.3 Å². The number of carbonyl (C=O) groups excluding carboxylic acids is 1. The van der Waals surface area contributed by atoms with Crippen molar-refractivity contribution in [2.75, 3.05) is 15.8 Å². The van der Waals surface area contributed by atoms with Crippen molar-refractivity contribution in [2.24, 2.45) is 0 Å². The molecular weight excluding hydrogens is 366 g/mol. The molecule has 0 aliphatic rings. The van der Waals surface area contributed by atoms with Gasteiger partial charge in [0, 0.05) is 17.3 Å². The van der Waals surface area contributed by atoms with Gasteiger partial charge in [-0.2, -0.15) is 0 Å². The van der Waals surface area contributed by atoms with Crippen molar-refractivity contribution in [3.8, 4) is 0 Å². The Morgan fingerprint density at radius 1 is 1.36 bits per heavy atom. The number of rotatable bonds is 6. The number of hydrogen-bond donors (Lipinski definition) is 2. The van der Waals surface area contributed by atoms with Crippen LogP contribution in [0.1, 0.15) is 23.7 Å². The van der Waals surface area contributed by atoms with Gasteiger partial charge in [-0.15, -0.1) is 11.3 Å². The van der Waals surface area contributed by atoms with Crippen LogP contribution in [0.3, 0.4) is 0 Å². The first-order valence-corrected chi connectivity index (χ1v) is 9.32. The van der Waals surface area contributed by atoms with Crippen LogP contribution in [0.5, 0.6) is 0 Å². The van der Waals surface area contributed by atoms with E-state index in [1.54, 1.807) is 11.6 Å². The van der Waals surface area contributed by atoms with Gasteiger partial charge in [0.25, 0.3) is 5.91 Å². The summed E-state index contributed by atoms with van der Waals surface area (Å²) in [6.45, 7) is 2.00. The zero-order valence-electron chi connectivity index (χ0n) is 13.2. The van der Waals surface area contributed by atoms with E-state index in [1.165, 1.54) is 35.7 Å². The van der Waals surface area contributed by atoms with Gasteiger partial charge in [-0.25, -0.2) is 18.7 Å². The van der Waals surface area contributed by atoms with Crippen LogP contribution < -0.4 is 10.0 Å². The van der Waals surface area contributed by atoms with Gasteiger partial charge in [0.2, 0.25) is 0 Å². The van der Waals surface area contributed by atoms with Gasteiger partial charge in [-0.05, 0) is 18.6 Å². The molecule has 130 valence electrons. The van der Waals surface area contributed by atoms with Crippen molar-refractivity contribution in [3.63, 3.8) is 0 Å². The number of carbonyl (C=O) groups is 1. The Bertz CT molecular complexity index is 916. The Kier molecular flexibility index (Phi) is 5.44. The predicted octanol–water partition coefficient (Wildman–Crippen LogP) is 4.69. The molecule has 2 heterocycles. The lowest BCUT2D eigenvalue weighted by atomic mass is 10.2. The van der Waals surface area contributed by atoms with Gasteiger partial charge in [0.15, 0.2) is 5.82 Å². The molecule has 0 fully saturated rings. The highest BCUT2D eigenvalue weighted by Gasteiger charge is 2.19. The number of benzene rings is 1. The van der Waals surface area contributed by atoms with E-state index in [-0.39, 0.29) is 11.3 Å². The molecule has 0 bridgehead atoms. The molecule has 0 spiro atoms. The fourth-order valence-electron chi connectivity index (χ4n) is 2.10. The number of nitrogens with zero attached hydrogens (tertiary/aromatic N) is 2. The molecule has 3 rings (SSSR count). The van der Waals surface area contributed by atoms with Crippen LogP contribution in [0.15, 0.2) is 30.0 Å². The van der Waals surface area contributed by atoms with E-state index in [4.69, 9.17) is 0 Å². The van der Waals surface area contributed by atoms with Gasteiger partial charge < -0.3 is 10.0 Å². The molecule has 0 aliphatic heterocycles. The maximum Gasteiger partial charge on any atom is 0.258 e. The molecule has 0 radical (unpaired) electrons. The fourth-order valence-corrected chi connectivity index (χ4v) is 3.58. The summed E-state index contributed by atoms with van der Waals surface area (Å²) < 4.78 is 32.1. The van der Waals surface area contributed by atoms with Gasteiger partial charge >= 0.3 is 0 Å². The highest BCUT2D eigenvalue weighted by atomic mass is 32.2. The normalized spacial score (nSPS) is 10.8. The van der Waals surface area contributed by atoms with Crippen LogP contribution in [0.2, 0.25) is 0 Å². The zero-order chi connectivity index (χ0) is 17.8. The summed E-state index contributed by atoms with van der Waals surface area (Å²) in [7, 11) is 0. The van der Waals surface area contributed by atoms with E-state index in [2.05, 4.69) is 20.0 Å². The fraction of sp³-hybridized carbons (Fsp3) is 0.188. The molecule has 2 N–H and O–H groups in total. The second-order valence-electron chi connectivity index (χ2n) is 5.07. The zero-order valence-corrected chi connectivity index (χ0v) is 14.8. The number of nitrogens with one attached hydrogen (secondary N) is 2. The first-order chi connectivity index (χ1) is 12.1. The van der Waals surface area contributed by atoms with Gasteiger partial charge in [0.1, 0.15) is 17.8 Å². The number of fused-ring (bicyclic) bond motifs is 1. The Morgan fingerprint density at radius 2 is 2.20 bits per heavy atom. The number of thiophene rings is 1. The Balaban J connectivity index is 1.86. The molecule has 0 aliphatic carbocycles. The minimum atomic E-state index is -0.842. The second-order valence-corrected chi connectivity index (χ2v) is 6.89. The molecule has 1 amide bonds. The Hall–Kier alpha value is -2.26. The molecular formula is C16H14F2N4OS2. The number of aromatic nitrogens is 2. The molecule has 2 aromatic heterocycles. The SMILES string of the molecule is CCCSNc1ccc(F)c(NC(=O)c2csc3cncnc23)c1F. The Labute approximate surface area is 151 Å². The van der Waals surface area contributed by atoms with E-state index < -0.39 is 23.2 Å². The molecule has 0 saturated carbocycles. The topological polar surface area (TPSA) is 66.9 Å². The maximum absolute atomic E-state index is 14.5.